The molecule has 0 fully saturated rings. The highest BCUT2D eigenvalue weighted by Gasteiger charge is 2.00. The molecule has 92 valence electrons. The third-order valence-electron chi connectivity index (χ3n) is 2.68. The highest BCUT2D eigenvalue weighted by Crippen LogP contribution is 2.22. The van der Waals surface area contributed by atoms with Crippen LogP contribution in [-0.4, -0.2) is 6.54 Å². The van der Waals surface area contributed by atoms with Gasteiger partial charge >= 0.3 is 0 Å². The fourth-order valence-corrected chi connectivity index (χ4v) is 2.80. The Morgan fingerprint density at radius 1 is 1.33 bits per heavy atom. The summed E-state index contributed by atoms with van der Waals surface area (Å²) in [7, 11) is 0. The molecule has 0 spiro atoms. The average Bonchev–Trinajstić information content (AvgIpc) is 2.75. The highest BCUT2D eigenvalue weighted by molar-refractivity contribution is 7.16. The van der Waals surface area contributed by atoms with Crippen molar-refractivity contribution >= 4 is 28.6 Å². The molecule has 18 heavy (non-hydrogen) atoms. The van der Waals surface area contributed by atoms with E-state index in [9.17, 15) is 0 Å². The number of rotatable bonds is 4. The molecule has 0 unspecified atom stereocenters. The standard InChI is InChI=1S/C14H13ClN2S/c1-10-8-12(3-2-11(10)9-16)17-7-6-13-4-5-14(15)18-13/h2-5,8,17H,6-7H2,1H3. The molecule has 0 aliphatic heterocycles. The van der Waals surface area contributed by atoms with Crippen LogP contribution in [0.4, 0.5) is 5.69 Å². The van der Waals surface area contributed by atoms with Crippen LogP contribution in [0.3, 0.4) is 0 Å². The Bertz CT molecular complexity index is 584. The number of nitrogens with one attached hydrogen (secondary N) is 1. The van der Waals surface area contributed by atoms with Crippen molar-refractivity contribution < 1.29 is 0 Å². The van der Waals surface area contributed by atoms with E-state index in [0.29, 0.717) is 0 Å². The summed E-state index contributed by atoms with van der Waals surface area (Å²) >= 11 is 7.49. The number of nitriles is 1. The topological polar surface area (TPSA) is 35.8 Å². The van der Waals surface area contributed by atoms with Gasteiger partial charge in [0.1, 0.15) is 0 Å². The summed E-state index contributed by atoms with van der Waals surface area (Å²) in [4.78, 5) is 1.28. The van der Waals surface area contributed by atoms with E-state index in [2.05, 4.69) is 17.5 Å². The third-order valence-corrected chi connectivity index (χ3v) is 3.97. The van der Waals surface area contributed by atoms with Gasteiger partial charge in [0.25, 0.3) is 0 Å². The SMILES string of the molecule is Cc1cc(NCCc2ccc(Cl)s2)ccc1C#N. The summed E-state index contributed by atoms with van der Waals surface area (Å²) in [6.07, 6.45) is 0.955. The Labute approximate surface area is 116 Å². The van der Waals surface area contributed by atoms with E-state index in [1.807, 2.05) is 31.2 Å². The first-order valence-corrected chi connectivity index (χ1v) is 6.87. The van der Waals surface area contributed by atoms with Gasteiger partial charge in [-0.05, 0) is 49.2 Å². The first kappa shape index (κ1) is 12.9. The molecular weight excluding hydrogens is 264 g/mol. The van der Waals surface area contributed by atoms with Gasteiger partial charge in [-0.1, -0.05) is 11.6 Å². The fraction of sp³-hybridized carbons (Fsp3) is 0.214. The molecule has 2 aromatic rings. The van der Waals surface area contributed by atoms with Crippen LogP contribution in [0, 0.1) is 18.3 Å². The Morgan fingerprint density at radius 2 is 2.17 bits per heavy atom. The largest absolute Gasteiger partial charge is 0.385 e. The first-order chi connectivity index (χ1) is 8.69. The zero-order valence-electron chi connectivity index (χ0n) is 10.0. The van der Waals surface area contributed by atoms with E-state index in [0.717, 1.165) is 34.1 Å². The lowest BCUT2D eigenvalue weighted by atomic mass is 10.1. The van der Waals surface area contributed by atoms with Crippen molar-refractivity contribution in [1.29, 1.82) is 5.26 Å². The second-order valence-electron chi connectivity index (χ2n) is 4.02. The zero-order chi connectivity index (χ0) is 13.0. The van der Waals surface area contributed by atoms with E-state index in [4.69, 9.17) is 16.9 Å². The molecule has 0 saturated heterocycles. The van der Waals surface area contributed by atoms with Gasteiger partial charge in [-0.25, -0.2) is 0 Å². The van der Waals surface area contributed by atoms with Crippen LogP contribution in [0.15, 0.2) is 30.3 Å². The van der Waals surface area contributed by atoms with Gasteiger partial charge < -0.3 is 5.32 Å². The number of anilines is 1. The van der Waals surface area contributed by atoms with Crippen LogP contribution in [0.5, 0.6) is 0 Å². The summed E-state index contributed by atoms with van der Waals surface area (Å²) in [5, 5.41) is 12.2. The minimum Gasteiger partial charge on any atom is -0.385 e. The van der Waals surface area contributed by atoms with E-state index in [-0.39, 0.29) is 0 Å². The number of thiophene rings is 1. The molecule has 1 heterocycles. The summed E-state index contributed by atoms with van der Waals surface area (Å²) in [6.45, 7) is 2.81. The lowest BCUT2D eigenvalue weighted by molar-refractivity contribution is 1.04. The molecule has 0 radical (unpaired) electrons. The van der Waals surface area contributed by atoms with Crippen molar-refractivity contribution in [3.05, 3.63) is 50.7 Å². The molecule has 0 amide bonds. The maximum absolute atomic E-state index is 8.85. The highest BCUT2D eigenvalue weighted by atomic mass is 35.5. The van der Waals surface area contributed by atoms with Gasteiger partial charge in [0.15, 0.2) is 0 Å². The molecule has 1 aromatic heterocycles. The maximum atomic E-state index is 8.85. The predicted molar refractivity (Wildman–Crippen MR) is 77.4 cm³/mol. The predicted octanol–water partition coefficient (Wildman–Crippen LogP) is 4.24. The van der Waals surface area contributed by atoms with Crippen molar-refractivity contribution in [1.82, 2.24) is 0 Å². The van der Waals surface area contributed by atoms with E-state index >= 15 is 0 Å². The van der Waals surface area contributed by atoms with Gasteiger partial charge in [-0.15, -0.1) is 11.3 Å². The van der Waals surface area contributed by atoms with Crippen molar-refractivity contribution in [2.45, 2.75) is 13.3 Å². The lowest BCUT2D eigenvalue weighted by Gasteiger charge is -2.07. The lowest BCUT2D eigenvalue weighted by Crippen LogP contribution is -2.04. The summed E-state index contributed by atoms with van der Waals surface area (Å²) in [5.74, 6) is 0. The zero-order valence-corrected chi connectivity index (χ0v) is 11.6. The summed E-state index contributed by atoms with van der Waals surface area (Å²) in [6, 6.07) is 11.9. The molecule has 0 aliphatic rings. The summed E-state index contributed by atoms with van der Waals surface area (Å²) < 4.78 is 0.833. The van der Waals surface area contributed by atoms with Crippen molar-refractivity contribution in [3.8, 4) is 6.07 Å². The van der Waals surface area contributed by atoms with Gasteiger partial charge in [-0.2, -0.15) is 5.26 Å². The summed E-state index contributed by atoms with van der Waals surface area (Å²) in [5.41, 5.74) is 2.78. The monoisotopic (exact) mass is 276 g/mol. The number of hydrogen-bond acceptors (Lipinski definition) is 3. The number of benzene rings is 1. The second kappa shape index (κ2) is 5.90. The van der Waals surface area contributed by atoms with Crippen LogP contribution in [0.2, 0.25) is 4.34 Å². The van der Waals surface area contributed by atoms with Crippen molar-refractivity contribution in [3.63, 3.8) is 0 Å². The van der Waals surface area contributed by atoms with Gasteiger partial charge in [0.05, 0.1) is 16.0 Å². The molecule has 2 nitrogen and oxygen atoms in total. The Balaban J connectivity index is 1.91. The molecule has 0 saturated carbocycles. The quantitative estimate of drug-likeness (QED) is 0.907. The molecule has 1 aromatic carbocycles. The van der Waals surface area contributed by atoms with Crippen LogP contribution < -0.4 is 5.32 Å². The molecule has 4 heteroatoms. The van der Waals surface area contributed by atoms with Crippen LogP contribution in [0.25, 0.3) is 0 Å². The fourth-order valence-electron chi connectivity index (χ4n) is 1.72. The average molecular weight is 277 g/mol. The second-order valence-corrected chi connectivity index (χ2v) is 5.82. The van der Waals surface area contributed by atoms with Crippen molar-refractivity contribution in [2.24, 2.45) is 0 Å². The van der Waals surface area contributed by atoms with Crippen molar-refractivity contribution in [2.75, 3.05) is 11.9 Å². The van der Waals surface area contributed by atoms with Gasteiger partial charge in [0, 0.05) is 17.1 Å². The number of hydrogen-bond donors (Lipinski definition) is 1. The van der Waals surface area contributed by atoms with Crippen LogP contribution in [0.1, 0.15) is 16.0 Å². The Hall–Kier alpha value is -1.50. The van der Waals surface area contributed by atoms with E-state index in [1.54, 1.807) is 11.3 Å². The first-order valence-electron chi connectivity index (χ1n) is 5.68. The van der Waals surface area contributed by atoms with E-state index in [1.165, 1.54) is 4.88 Å². The van der Waals surface area contributed by atoms with Gasteiger partial charge in [0.2, 0.25) is 0 Å². The molecule has 1 N–H and O–H groups in total. The molecule has 0 aliphatic carbocycles. The minimum absolute atomic E-state index is 0.727. The van der Waals surface area contributed by atoms with Gasteiger partial charge in [-0.3, -0.25) is 0 Å². The molecular formula is C14H13ClN2S. The van der Waals surface area contributed by atoms with Crippen LogP contribution in [-0.2, 0) is 6.42 Å². The minimum atomic E-state index is 0.727. The third kappa shape index (κ3) is 3.25. The molecule has 0 bridgehead atoms. The van der Waals surface area contributed by atoms with E-state index < -0.39 is 0 Å². The molecule has 0 atom stereocenters. The Kier molecular flexibility index (Phi) is 4.24. The Morgan fingerprint density at radius 3 is 2.78 bits per heavy atom. The number of halogens is 1. The normalized spacial score (nSPS) is 10.1. The maximum Gasteiger partial charge on any atom is 0.0994 e. The smallest absolute Gasteiger partial charge is 0.0994 e. The van der Waals surface area contributed by atoms with Crippen LogP contribution >= 0.6 is 22.9 Å². The molecule has 2 rings (SSSR count). The number of aryl methyl sites for hydroxylation is 1. The number of nitrogens with zero attached hydrogens (tertiary/aromatic N) is 1.